The Kier molecular flexibility index (Phi) is 20.0. The van der Waals surface area contributed by atoms with Gasteiger partial charge in [0.1, 0.15) is 35.3 Å². The molecular weight excluding hydrogens is 1120 g/mol. The van der Waals surface area contributed by atoms with Gasteiger partial charge in [0.15, 0.2) is 31.9 Å². The van der Waals surface area contributed by atoms with Crippen LogP contribution in [0.25, 0.3) is 0 Å². The van der Waals surface area contributed by atoms with Gasteiger partial charge in [-0.05, 0) is 125 Å². The number of fused-ring (bicyclic) bond motifs is 5. The molecule has 2 bridgehead atoms. The Bertz CT molecular complexity index is 2640. The summed E-state index contributed by atoms with van der Waals surface area (Å²) in [4.78, 5) is 89.9. The molecule has 22 heteroatoms. The van der Waals surface area contributed by atoms with Gasteiger partial charge in [0, 0.05) is 25.2 Å². The largest absolute Gasteiger partial charge is 0.573 e. The van der Waals surface area contributed by atoms with E-state index < -0.39 is 159 Å². The number of carbonyl (C=O) groups excluding carboxylic acids is 6. The van der Waals surface area contributed by atoms with Gasteiger partial charge < -0.3 is 52.4 Å². The number of hydrogen-bond acceptors (Lipinski definition) is 16. The first-order valence-corrected chi connectivity index (χ1v) is 34.2. The van der Waals surface area contributed by atoms with E-state index in [2.05, 4.69) is 10.1 Å². The van der Waals surface area contributed by atoms with Crippen LogP contribution in [-0.2, 0) is 56.5 Å². The third-order valence-electron chi connectivity index (χ3n) is 18.7. The third-order valence-corrected chi connectivity index (χ3v) is 29.4. The summed E-state index contributed by atoms with van der Waals surface area (Å²) in [6.07, 6.45) is -13.1. The van der Waals surface area contributed by atoms with Crippen molar-refractivity contribution >= 4 is 52.4 Å². The number of ether oxygens (including phenoxy) is 7. The molecule has 0 spiro atoms. The van der Waals surface area contributed by atoms with Gasteiger partial charge >= 0.3 is 36.3 Å². The maximum Gasteiger partial charge on any atom is 0.573 e. The minimum absolute atomic E-state index is 0.0266. The molecular formula is C61H92F3NO16Si2. The molecule has 1 amide bonds. The lowest BCUT2D eigenvalue weighted by molar-refractivity contribution is -0.344. The molecule has 5 aliphatic rings. The summed E-state index contributed by atoms with van der Waals surface area (Å²) < 4.78 is 98.6. The van der Waals surface area contributed by atoms with Crippen molar-refractivity contribution in [1.29, 1.82) is 0 Å². The van der Waals surface area contributed by atoms with Crippen molar-refractivity contribution in [3.8, 4) is 5.75 Å². The summed E-state index contributed by atoms with van der Waals surface area (Å²) in [5, 5.41) is 17.5. The van der Waals surface area contributed by atoms with Crippen LogP contribution >= 0.6 is 0 Å². The molecule has 11 atom stereocenters. The lowest BCUT2D eigenvalue weighted by atomic mass is 9.44. The van der Waals surface area contributed by atoms with Gasteiger partial charge in [0.25, 0.3) is 0 Å². The molecule has 1 unspecified atom stereocenters. The zero-order chi connectivity index (χ0) is 62.5. The Morgan fingerprint density at radius 1 is 0.892 bits per heavy atom. The Hall–Kier alpha value is -4.62. The van der Waals surface area contributed by atoms with Gasteiger partial charge in [0.05, 0.1) is 41.6 Å². The smallest absolute Gasteiger partial charge is 0.456 e. The normalized spacial score (nSPS) is 28.8. The van der Waals surface area contributed by atoms with E-state index in [0.717, 1.165) is 18.2 Å². The molecule has 1 aromatic rings. The van der Waals surface area contributed by atoms with Crippen LogP contribution in [0.4, 0.5) is 18.0 Å². The second-order valence-corrected chi connectivity index (χ2v) is 36.7. The Labute approximate surface area is 490 Å². The summed E-state index contributed by atoms with van der Waals surface area (Å²) in [6, 6.07) is 4.77. The fourth-order valence-corrected chi connectivity index (χ4v) is 22.6. The number of alkyl carbamates (subject to hydrolysis) is 1. The van der Waals surface area contributed by atoms with Crippen LogP contribution in [0, 0.1) is 22.7 Å². The molecule has 1 heterocycles. The third kappa shape index (κ3) is 13.2. The Morgan fingerprint density at radius 3 is 1.96 bits per heavy atom. The number of Topliss-reactive ketones (excluding diaryl/α,β-unsaturated/α-hetero) is 1. The van der Waals surface area contributed by atoms with E-state index in [0.29, 0.717) is 36.5 Å². The quantitative estimate of drug-likeness (QED) is 0.0506. The Morgan fingerprint density at radius 2 is 1.48 bits per heavy atom. The number of alkyl halides is 3. The fourth-order valence-electron chi connectivity index (χ4n) is 14.2. The molecule has 3 saturated carbocycles. The SMILES string of the molecule is CC[Si](CC)(CC)OC1C[C@H]2OC[C@@]2(OC(C)=O)[C@H]2[C@H](OC(=O)c3cccc(OC(F)(F)F)c3)[C@]3(O)C[C@H](OC(=O)[C@H](O[Si](C(C)C)(C(C)C)C(C)C)[C@H](C=C(C)C)NC(=O)OC(C)(C)C)C(C)=C([C@@H](OC(=O)C4CC4)C(=O)[C@]12C)C3(C)C. The number of ketones is 1. The number of benzene rings is 1. The molecule has 2 N–H and O–H groups in total. The highest BCUT2D eigenvalue weighted by Gasteiger charge is 2.79. The van der Waals surface area contributed by atoms with E-state index in [1.807, 2.05) is 62.3 Å². The van der Waals surface area contributed by atoms with Crippen molar-refractivity contribution in [2.75, 3.05) is 6.61 Å². The number of hydrogen-bond donors (Lipinski definition) is 2. The lowest BCUT2D eigenvalue weighted by Gasteiger charge is -2.68. The first-order chi connectivity index (χ1) is 38.2. The van der Waals surface area contributed by atoms with E-state index in [1.54, 1.807) is 68.4 Å². The number of esters is 4. The molecule has 4 aliphatic carbocycles. The molecule has 1 aromatic carbocycles. The van der Waals surface area contributed by atoms with Crippen molar-refractivity contribution in [2.24, 2.45) is 22.7 Å². The average Bonchev–Trinajstić information content (AvgIpc) is 1.50. The predicted molar refractivity (Wildman–Crippen MR) is 307 cm³/mol. The molecule has 1 aliphatic heterocycles. The highest BCUT2D eigenvalue weighted by atomic mass is 28.4. The van der Waals surface area contributed by atoms with E-state index >= 15 is 14.4 Å². The number of aliphatic hydroxyl groups is 1. The molecule has 0 aromatic heterocycles. The van der Waals surface area contributed by atoms with Gasteiger partial charge in [-0.3, -0.25) is 14.4 Å². The average molecular weight is 1210 g/mol. The summed E-state index contributed by atoms with van der Waals surface area (Å²) in [6.45, 7) is 34.0. The molecule has 466 valence electrons. The Balaban J connectivity index is 1.70. The van der Waals surface area contributed by atoms with E-state index in [4.69, 9.17) is 37.3 Å². The van der Waals surface area contributed by atoms with Gasteiger partial charge in [-0.1, -0.05) is 93.9 Å². The summed E-state index contributed by atoms with van der Waals surface area (Å²) in [5.74, 6) is -7.45. The highest BCUT2D eigenvalue weighted by Crippen LogP contribution is 2.65. The zero-order valence-corrected chi connectivity index (χ0v) is 54.2. The van der Waals surface area contributed by atoms with Crippen LogP contribution in [0.5, 0.6) is 5.75 Å². The minimum atomic E-state index is -5.15. The molecule has 6 rings (SSSR count). The van der Waals surface area contributed by atoms with Crippen LogP contribution in [-0.4, -0.2) is 130 Å². The zero-order valence-electron chi connectivity index (χ0n) is 52.2. The van der Waals surface area contributed by atoms with Crippen LogP contribution in [0.2, 0.25) is 34.8 Å². The van der Waals surface area contributed by atoms with Crippen LogP contribution in [0.1, 0.15) is 168 Å². The number of rotatable bonds is 21. The van der Waals surface area contributed by atoms with Crippen LogP contribution in [0.15, 0.2) is 47.1 Å². The van der Waals surface area contributed by atoms with E-state index in [9.17, 15) is 32.7 Å². The number of carbonyl (C=O) groups is 6. The maximum atomic E-state index is 16.9. The second kappa shape index (κ2) is 24.6. The number of nitrogens with one attached hydrogen (secondary N) is 1. The van der Waals surface area contributed by atoms with Gasteiger partial charge in [-0.15, -0.1) is 13.2 Å². The summed E-state index contributed by atoms with van der Waals surface area (Å²) >= 11 is 0. The topological polar surface area (TPSA) is 218 Å². The predicted octanol–water partition coefficient (Wildman–Crippen LogP) is 11.9. The van der Waals surface area contributed by atoms with E-state index in [1.165, 1.54) is 13.0 Å². The van der Waals surface area contributed by atoms with E-state index in [-0.39, 0.29) is 40.8 Å². The van der Waals surface area contributed by atoms with Gasteiger partial charge in [-0.25, -0.2) is 14.4 Å². The number of amides is 1. The summed E-state index contributed by atoms with van der Waals surface area (Å²) in [5.41, 5.74) is -8.99. The summed E-state index contributed by atoms with van der Waals surface area (Å²) in [7, 11) is -5.90. The molecule has 1 saturated heterocycles. The van der Waals surface area contributed by atoms with Crippen LogP contribution in [0.3, 0.4) is 0 Å². The number of halogens is 3. The van der Waals surface area contributed by atoms with Crippen molar-refractivity contribution in [3.63, 3.8) is 0 Å². The van der Waals surface area contributed by atoms with Gasteiger partial charge in [-0.2, -0.15) is 0 Å². The second-order valence-electron chi connectivity index (χ2n) is 26.6. The fraction of sp³-hybridized carbons (Fsp3) is 0.738. The van der Waals surface area contributed by atoms with Crippen molar-refractivity contribution in [3.05, 3.63) is 52.6 Å². The maximum absolute atomic E-state index is 16.9. The highest BCUT2D eigenvalue weighted by molar-refractivity contribution is 6.77. The monoisotopic (exact) mass is 1210 g/mol. The molecule has 0 radical (unpaired) electrons. The number of allylic oxidation sites excluding steroid dienone is 1. The first kappa shape index (κ1) is 67.5. The minimum Gasteiger partial charge on any atom is -0.456 e. The molecule has 4 fully saturated rings. The van der Waals surface area contributed by atoms with Crippen molar-refractivity contribution in [2.45, 2.75) is 258 Å². The van der Waals surface area contributed by atoms with Crippen LogP contribution < -0.4 is 10.1 Å². The van der Waals surface area contributed by atoms with Gasteiger partial charge in [0.2, 0.25) is 8.32 Å². The van der Waals surface area contributed by atoms with Crippen molar-refractivity contribution in [1.82, 2.24) is 5.32 Å². The van der Waals surface area contributed by atoms with Crippen molar-refractivity contribution < 1.29 is 89.1 Å². The standard InChI is InChI=1S/C61H92F3NO16Si2/c1-20-82(21-2,22-3)80-44-30-45-59(32-73-45,77-38(13)66)49-51(76-53(69)40-24-23-25-41(29-40)78-61(62,63)64)60(72)31-43(37(12)46(57(60,17)18)48(50(67)58(44,49)19)75-52(68)39-26-27-39)74-54(70)47(81-83(34(6)7,35(8)9)36(10)11)42(28-33(4)5)65-55(71)79-56(14,15)16/h23-25,28-29,34-36,39,42-45,47-49,51,72H,20-22,26-27,30-32H2,1-19H3,(H,65,71)/t42-,43-,44?,45+,47+,48+,49-,51-,58+,59-,60+/m0/s1. The molecule has 17 nitrogen and oxygen atoms in total. The lowest BCUT2D eigenvalue weighted by Crippen LogP contribution is -2.82. The first-order valence-electron chi connectivity index (χ1n) is 29.5. The molecule has 83 heavy (non-hydrogen) atoms.